The van der Waals surface area contributed by atoms with Crippen LogP contribution in [0.5, 0.6) is 0 Å². The molecule has 1 heterocycles. The first-order chi connectivity index (χ1) is 32.7. The van der Waals surface area contributed by atoms with Gasteiger partial charge in [-0.3, -0.25) is 0 Å². The molecule has 13 aromatic rings. The molecule has 0 saturated heterocycles. The molecule has 0 aliphatic carbocycles. The number of hydrogen-bond acceptors (Lipinski definition) is 2. The summed E-state index contributed by atoms with van der Waals surface area (Å²) in [6.45, 7) is 0. The molecule has 1 aromatic heterocycles. The number of hydrogen-bond donors (Lipinski definition) is 0. The van der Waals surface area contributed by atoms with Crippen LogP contribution in [0.2, 0.25) is 0 Å². The van der Waals surface area contributed by atoms with E-state index < -0.39 is 0 Å². The second-order valence-electron chi connectivity index (χ2n) is 17.2. The largest absolute Gasteiger partial charge is 0.455 e. The SMILES string of the molecule is c1ccc(-c2cc(N(c3cccc(-c4ccccc4-c4cc5ccccc5c5ccccc45)c3)c3ccc4oc5c6ccccc6ccc5c4c3)ccc2-c2ccc3ccccc3c2)cc1. The third kappa shape index (κ3) is 6.34. The molecule has 0 bridgehead atoms. The fourth-order valence-corrected chi connectivity index (χ4v) is 10.3. The van der Waals surface area contributed by atoms with Crippen molar-refractivity contribution >= 4 is 82.1 Å². The lowest BCUT2D eigenvalue weighted by atomic mass is 9.89. The van der Waals surface area contributed by atoms with E-state index in [9.17, 15) is 0 Å². The topological polar surface area (TPSA) is 16.4 Å². The zero-order valence-electron chi connectivity index (χ0n) is 36.0. The van der Waals surface area contributed by atoms with Gasteiger partial charge in [0.2, 0.25) is 0 Å². The van der Waals surface area contributed by atoms with Gasteiger partial charge in [-0.1, -0.05) is 188 Å². The predicted molar refractivity (Wildman–Crippen MR) is 280 cm³/mol. The summed E-state index contributed by atoms with van der Waals surface area (Å²) in [5.41, 5.74) is 14.4. The van der Waals surface area contributed by atoms with E-state index in [-0.39, 0.29) is 0 Å². The second-order valence-corrected chi connectivity index (χ2v) is 17.2. The van der Waals surface area contributed by atoms with Crippen molar-refractivity contribution < 1.29 is 4.42 Å². The zero-order chi connectivity index (χ0) is 43.6. The van der Waals surface area contributed by atoms with Crippen molar-refractivity contribution in [3.05, 3.63) is 249 Å². The summed E-state index contributed by atoms with van der Waals surface area (Å²) < 4.78 is 6.65. The van der Waals surface area contributed by atoms with Crippen molar-refractivity contribution in [2.45, 2.75) is 0 Å². The van der Waals surface area contributed by atoms with Gasteiger partial charge in [0.25, 0.3) is 0 Å². The lowest BCUT2D eigenvalue weighted by molar-refractivity contribution is 0.672. The first kappa shape index (κ1) is 37.8. The van der Waals surface area contributed by atoms with Crippen LogP contribution in [0, 0.1) is 0 Å². The fraction of sp³-hybridized carbons (Fsp3) is 0. The summed E-state index contributed by atoms with van der Waals surface area (Å²) in [7, 11) is 0. The van der Waals surface area contributed by atoms with Gasteiger partial charge in [-0.25, -0.2) is 0 Å². The molecule has 0 atom stereocenters. The number of furan rings is 1. The Morgan fingerprint density at radius 1 is 0.242 bits per heavy atom. The molecule has 0 aliphatic rings. The highest BCUT2D eigenvalue weighted by Crippen LogP contribution is 2.46. The lowest BCUT2D eigenvalue weighted by Gasteiger charge is -2.27. The van der Waals surface area contributed by atoms with E-state index in [4.69, 9.17) is 4.42 Å². The Labute approximate surface area is 382 Å². The molecule has 0 unspecified atom stereocenters. The summed E-state index contributed by atoms with van der Waals surface area (Å²) >= 11 is 0. The number of anilines is 3. The highest BCUT2D eigenvalue weighted by Gasteiger charge is 2.21. The van der Waals surface area contributed by atoms with Crippen LogP contribution in [0.1, 0.15) is 0 Å². The first-order valence-electron chi connectivity index (χ1n) is 22.7. The predicted octanol–water partition coefficient (Wildman–Crippen LogP) is 18.3. The lowest BCUT2D eigenvalue weighted by Crippen LogP contribution is -2.10. The van der Waals surface area contributed by atoms with E-state index in [1.807, 2.05) is 0 Å². The molecule has 0 fully saturated rings. The standard InChI is InChI=1S/C64H41NO/c1-2-16-43(17-3-1)60-40-50(32-35-54(60)48-30-29-42-15-4-5-19-45(42)37-48)65(51-33-36-63-62(41-51)59-34-31-44-18-6-9-25-55(44)64(59)66-63)49-22-14-21-46(38-49)52-24-10-11-27-57(52)61-39-47-20-7-8-23-53(47)56-26-12-13-28-58(56)61/h1-41H. The normalized spacial score (nSPS) is 11.6. The number of rotatable bonds is 7. The van der Waals surface area contributed by atoms with Crippen LogP contribution in [0.15, 0.2) is 253 Å². The van der Waals surface area contributed by atoms with Gasteiger partial charge in [-0.15, -0.1) is 0 Å². The van der Waals surface area contributed by atoms with Crippen molar-refractivity contribution in [1.29, 1.82) is 0 Å². The van der Waals surface area contributed by atoms with Crippen LogP contribution in [-0.4, -0.2) is 0 Å². The van der Waals surface area contributed by atoms with E-state index in [1.54, 1.807) is 0 Å². The Morgan fingerprint density at radius 3 is 1.71 bits per heavy atom. The molecular weight excluding hydrogens is 799 g/mol. The van der Waals surface area contributed by atoms with Crippen molar-refractivity contribution in [1.82, 2.24) is 0 Å². The van der Waals surface area contributed by atoms with Crippen LogP contribution in [0.4, 0.5) is 17.1 Å². The van der Waals surface area contributed by atoms with E-state index in [0.29, 0.717) is 0 Å². The monoisotopic (exact) mass is 839 g/mol. The highest BCUT2D eigenvalue weighted by atomic mass is 16.3. The Kier molecular flexibility index (Phi) is 8.89. The van der Waals surface area contributed by atoms with E-state index in [2.05, 4.69) is 254 Å². The van der Waals surface area contributed by atoms with Crippen molar-refractivity contribution in [2.75, 3.05) is 4.90 Å². The summed E-state index contributed by atoms with van der Waals surface area (Å²) in [6.07, 6.45) is 0. The summed E-state index contributed by atoms with van der Waals surface area (Å²) in [5.74, 6) is 0. The molecule has 0 amide bonds. The number of nitrogens with zero attached hydrogens (tertiary/aromatic N) is 1. The maximum absolute atomic E-state index is 6.65. The summed E-state index contributed by atoms with van der Waals surface area (Å²) in [5, 5.41) is 11.9. The van der Waals surface area contributed by atoms with Crippen molar-refractivity contribution in [3.63, 3.8) is 0 Å². The molecule has 0 saturated carbocycles. The van der Waals surface area contributed by atoms with E-state index in [1.165, 1.54) is 71.1 Å². The molecule has 0 radical (unpaired) electrons. The fourth-order valence-electron chi connectivity index (χ4n) is 10.3. The molecular formula is C64H41NO. The second kappa shape index (κ2) is 15.5. The highest BCUT2D eigenvalue weighted by molar-refractivity contribution is 6.16. The van der Waals surface area contributed by atoms with Gasteiger partial charge in [-0.2, -0.15) is 0 Å². The van der Waals surface area contributed by atoms with Crippen LogP contribution in [0.3, 0.4) is 0 Å². The molecule has 2 nitrogen and oxygen atoms in total. The van der Waals surface area contributed by atoms with Gasteiger partial charge in [0.05, 0.1) is 0 Å². The average Bonchev–Trinajstić information content (AvgIpc) is 3.77. The third-order valence-electron chi connectivity index (χ3n) is 13.4. The van der Waals surface area contributed by atoms with Gasteiger partial charge >= 0.3 is 0 Å². The first-order valence-corrected chi connectivity index (χ1v) is 22.7. The minimum absolute atomic E-state index is 0.868. The van der Waals surface area contributed by atoms with Gasteiger partial charge in [0, 0.05) is 33.2 Å². The Bertz CT molecular complexity index is 4010. The number of benzene rings is 12. The van der Waals surface area contributed by atoms with Crippen molar-refractivity contribution in [2.24, 2.45) is 0 Å². The smallest absolute Gasteiger partial charge is 0.143 e. The Morgan fingerprint density at radius 2 is 0.848 bits per heavy atom. The minimum Gasteiger partial charge on any atom is -0.455 e. The molecule has 308 valence electrons. The quantitative estimate of drug-likeness (QED) is 0.149. The van der Waals surface area contributed by atoms with Crippen LogP contribution < -0.4 is 4.90 Å². The molecule has 0 N–H and O–H groups in total. The van der Waals surface area contributed by atoms with Gasteiger partial charge in [0.15, 0.2) is 0 Å². The number of fused-ring (bicyclic) bond motifs is 9. The molecule has 0 aliphatic heterocycles. The maximum atomic E-state index is 6.65. The summed E-state index contributed by atoms with van der Waals surface area (Å²) in [4.78, 5) is 2.41. The van der Waals surface area contributed by atoms with Gasteiger partial charge < -0.3 is 9.32 Å². The molecule has 13 rings (SSSR count). The van der Waals surface area contributed by atoms with Crippen LogP contribution >= 0.6 is 0 Å². The zero-order valence-corrected chi connectivity index (χ0v) is 36.0. The molecule has 0 spiro atoms. The van der Waals surface area contributed by atoms with Crippen LogP contribution in [0.25, 0.3) is 110 Å². The van der Waals surface area contributed by atoms with E-state index in [0.717, 1.165) is 55.5 Å². The maximum Gasteiger partial charge on any atom is 0.143 e. The van der Waals surface area contributed by atoms with Crippen molar-refractivity contribution in [3.8, 4) is 44.5 Å². The van der Waals surface area contributed by atoms with Gasteiger partial charge in [-0.05, 0) is 143 Å². The van der Waals surface area contributed by atoms with Gasteiger partial charge in [0.1, 0.15) is 11.2 Å². The average molecular weight is 840 g/mol. The Balaban J connectivity index is 1.02. The molecule has 66 heavy (non-hydrogen) atoms. The Hall–Kier alpha value is -8.72. The molecule has 12 aromatic carbocycles. The van der Waals surface area contributed by atoms with E-state index >= 15 is 0 Å². The van der Waals surface area contributed by atoms with Crippen LogP contribution in [-0.2, 0) is 0 Å². The summed E-state index contributed by atoms with van der Waals surface area (Å²) in [6, 6.07) is 90.4. The minimum atomic E-state index is 0.868. The third-order valence-corrected chi connectivity index (χ3v) is 13.4. The molecule has 2 heteroatoms.